The minimum atomic E-state index is -1.03. The number of carboxylic acid groups (broad SMARTS) is 1. The van der Waals surface area contributed by atoms with Crippen LogP contribution in [0.4, 0.5) is 10.1 Å². The van der Waals surface area contributed by atoms with Gasteiger partial charge in [-0.2, -0.15) is 0 Å². The first-order chi connectivity index (χ1) is 16.4. The summed E-state index contributed by atoms with van der Waals surface area (Å²) >= 11 is 1.24. The standard InChI is InChI=1S/C26H21FN2O4S/c1-2-29-24(30)23(34-26(29)28-21-8-4-6-19(15-21)25(31)32)14-17-9-11-22(12-10-17)33-16-18-5-3-7-20(27)13-18/h3-15H,2,16H2,1H3,(H,31,32)/b23-14-,28-26?. The summed E-state index contributed by atoms with van der Waals surface area (Å²) in [4.78, 5) is 30.7. The number of likely N-dealkylation sites (N-methyl/N-ethyl adjacent to an activating group) is 1. The van der Waals surface area contributed by atoms with Crippen molar-refractivity contribution in [3.63, 3.8) is 0 Å². The number of hydrogen-bond donors (Lipinski definition) is 1. The van der Waals surface area contributed by atoms with Gasteiger partial charge in [0.25, 0.3) is 5.91 Å². The topological polar surface area (TPSA) is 79.2 Å². The Morgan fingerprint density at radius 3 is 2.59 bits per heavy atom. The molecular formula is C26H21FN2O4S. The van der Waals surface area contributed by atoms with Crippen molar-refractivity contribution in [2.75, 3.05) is 6.54 Å². The van der Waals surface area contributed by atoms with Crippen LogP contribution in [-0.4, -0.2) is 33.6 Å². The first kappa shape index (κ1) is 23.3. The fourth-order valence-corrected chi connectivity index (χ4v) is 4.36. The fraction of sp³-hybridized carbons (Fsp3) is 0.115. The first-order valence-electron chi connectivity index (χ1n) is 10.5. The zero-order chi connectivity index (χ0) is 24.1. The summed E-state index contributed by atoms with van der Waals surface area (Å²) in [5.41, 5.74) is 2.16. The van der Waals surface area contributed by atoms with Crippen molar-refractivity contribution in [2.24, 2.45) is 4.99 Å². The number of aromatic carboxylic acids is 1. The lowest BCUT2D eigenvalue weighted by Crippen LogP contribution is -2.28. The zero-order valence-electron chi connectivity index (χ0n) is 18.3. The van der Waals surface area contributed by atoms with E-state index in [0.29, 0.717) is 28.1 Å². The summed E-state index contributed by atoms with van der Waals surface area (Å²) in [5, 5.41) is 9.68. The number of carbonyl (C=O) groups is 2. The summed E-state index contributed by atoms with van der Waals surface area (Å²) in [5.74, 6) is -0.867. The van der Waals surface area contributed by atoms with Crippen LogP contribution in [0.3, 0.4) is 0 Å². The molecular weight excluding hydrogens is 455 g/mol. The van der Waals surface area contributed by atoms with Crippen LogP contribution in [0.5, 0.6) is 5.75 Å². The molecule has 3 aromatic carbocycles. The number of ether oxygens (including phenoxy) is 1. The molecule has 6 nitrogen and oxygen atoms in total. The highest BCUT2D eigenvalue weighted by molar-refractivity contribution is 8.18. The number of amides is 1. The van der Waals surface area contributed by atoms with Crippen molar-refractivity contribution in [2.45, 2.75) is 13.5 Å². The molecule has 0 radical (unpaired) electrons. The second kappa shape index (κ2) is 10.4. The third-order valence-electron chi connectivity index (χ3n) is 4.99. The van der Waals surface area contributed by atoms with Crippen molar-refractivity contribution >= 4 is 40.6 Å². The number of benzene rings is 3. The molecule has 4 rings (SSSR count). The Labute approximate surface area is 200 Å². The minimum Gasteiger partial charge on any atom is -0.489 e. The number of rotatable bonds is 7. The molecule has 34 heavy (non-hydrogen) atoms. The van der Waals surface area contributed by atoms with Gasteiger partial charge in [-0.05, 0) is 78.4 Å². The second-order valence-corrected chi connectivity index (χ2v) is 8.41. The van der Waals surface area contributed by atoms with Gasteiger partial charge in [0.05, 0.1) is 16.2 Å². The average Bonchev–Trinajstić information content (AvgIpc) is 3.12. The number of amidine groups is 1. The summed E-state index contributed by atoms with van der Waals surface area (Å²) in [6.07, 6.45) is 1.78. The molecule has 0 atom stereocenters. The van der Waals surface area contributed by atoms with Crippen LogP contribution in [0.2, 0.25) is 0 Å². The third-order valence-corrected chi connectivity index (χ3v) is 6.00. The molecule has 0 bridgehead atoms. The fourth-order valence-electron chi connectivity index (χ4n) is 3.29. The van der Waals surface area contributed by atoms with Crippen molar-refractivity contribution in [1.82, 2.24) is 4.90 Å². The lowest BCUT2D eigenvalue weighted by atomic mass is 10.2. The van der Waals surface area contributed by atoms with Gasteiger partial charge in [-0.25, -0.2) is 14.2 Å². The molecule has 1 amide bonds. The van der Waals surface area contributed by atoms with E-state index >= 15 is 0 Å². The van der Waals surface area contributed by atoms with Gasteiger partial charge in [-0.1, -0.05) is 30.3 Å². The van der Waals surface area contributed by atoms with Crippen molar-refractivity contribution in [1.29, 1.82) is 0 Å². The van der Waals surface area contributed by atoms with Gasteiger partial charge < -0.3 is 9.84 Å². The summed E-state index contributed by atoms with van der Waals surface area (Å²) in [6.45, 7) is 2.55. The van der Waals surface area contributed by atoms with E-state index in [-0.39, 0.29) is 23.9 Å². The predicted octanol–water partition coefficient (Wildman–Crippen LogP) is 5.73. The molecule has 3 aromatic rings. The number of nitrogens with zero attached hydrogens (tertiary/aromatic N) is 2. The highest BCUT2D eigenvalue weighted by Crippen LogP contribution is 2.34. The van der Waals surface area contributed by atoms with E-state index in [1.807, 2.05) is 19.1 Å². The van der Waals surface area contributed by atoms with E-state index in [1.165, 1.54) is 36.0 Å². The molecule has 0 spiro atoms. The molecule has 1 aliphatic rings. The van der Waals surface area contributed by atoms with Gasteiger partial charge >= 0.3 is 5.97 Å². The van der Waals surface area contributed by atoms with Gasteiger partial charge in [0.1, 0.15) is 18.2 Å². The zero-order valence-corrected chi connectivity index (χ0v) is 19.1. The molecule has 0 saturated carbocycles. The quantitative estimate of drug-likeness (QED) is 0.441. The summed E-state index contributed by atoms with van der Waals surface area (Å²) in [6, 6.07) is 19.8. The second-order valence-electron chi connectivity index (χ2n) is 7.40. The minimum absolute atomic E-state index is 0.134. The Balaban J connectivity index is 1.48. The van der Waals surface area contributed by atoms with Crippen LogP contribution in [0.25, 0.3) is 6.08 Å². The van der Waals surface area contributed by atoms with E-state index < -0.39 is 5.97 Å². The van der Waals surface area contributed by atoms with E-state index in [1.54, 1.807) is 47.4 Å². The maximum Gasteiger partial charge on any atom is 0.335 e. The Kier molecular flexibility index (Phi) is 7.08. The van der Waals surface area contributed by atoms with Crippen molar-refractivity contribution in [3.05, 3.63) is 100 Å². The lowest BCUT2D eigenvalue weighted by molar-refractivity contribution is -0.122. The Morgan fingerprint density at radius 2 is 1.88 bits per heavy atom. The van der Waals surface area contributed by atoms with E-state index in [2.05, 4.69) is 4.99 Å². The van der Waals surface area contributed by atoms with Gasteiger partial charge in [-0.15, -0.1) is 0 Å². The maximum absolute atomic E-state index is 13.3. The molecule has 1 fully saturated rings. The van der Waals surface area contributed by atoms with E-state index in [0.717, 1.165) is 11.1 Å². The predicted molar refractivity (Wildman–Crippen MR) is 131 cm³/mol. The van der Waals surface area contributed by atoms with Crippen LogP contribution in [0.1, 0.15) is 28.4 Å². The summed E-state index contributed by atoms with van der Waals surface area (Å²) in [7, 11) is 0. The van der Waals surface area contributed by atoms with Gasteiger partial charge in [0, 0.05) is 6.54 Å². The van der Waals surface area contributed by atoms with Crippen LogP contribution in [0.15, 0.2) is 82.7 Å². The maximum atomic E-state index is 13.3. The van der Waals surface area contributed by atoms with Gasteiger partial charge in [-0.3, -0.25) is 9.69 Å². The largest absolute Gasteiger partial charge is 0.489 e. The molecule has 1 heterocycles. The number of thioether (sulfide) groups is 1. The number of aliphatic imine (C=N–C) groups is 1. The summed E-state index contributed by atoms with van der Waals surface area (Å²) < 4.78 is 19.0. The average molecular weight is 477 g/mol. The number of carbonyl (C=O) groups excluding carboxylic acids is 1. The highest BCUT2D eigenvalue weighted by atomic mass is 32.2. The smallest absolute Gasteiger partial charge is 0.335 e. The number of carboxylic acids is 1. The normalized spacial score (nSPS) is 15.8. The Bertz CT molecular complexity index is 1290. The van der Waals surface area contributed by atoms with Crippen LogP contribution >= 0.6 is 11.8 Å². The van der Waals surface area contributed by atoms with Crippen LogP contribution in [-0.2, 0) is 11.4 Å². The molecule has 0 aliphatic carbocycles. The molecule has 8 heteroatoms. The lowest BCUT2D eigenvalue weighted by Gasteiger charge is -2.12. The monoisotopic (exact) mass is 476 g/mol. The van der Waals surface area contributed by atoms with Gasteiger partial charge in [0.15, 0.2) is 5.17 Å². The van der Waals surface area contributed by atoms with Gasteiger partial charge in [0.2, 0.25) is 0 Å². The Hall–Kier alpha value is -3.91. The highest BCUT2D eigenvalue weighted by Gasteiger charge is 2.32. The van der Waals surface area contributed by atoms with E-state index in [9.17, 15) is 19.1 Å². The third kappa shape index (κ3) is 5.52. The van der Waals surface area contributed by atoms with Crippen molar-refractivity contribution in [3.8, 4) is 5.75 Å². The first-order valence-corrected chi connectivity index (χ1v) is 11.4. The van der Waals surface area contributed by atoms with Crippen LogP contribution < -0.4 is 4.74 Å². The molecule has 0 aromatic heterocycles. The van der Waals surface area contributed by atoms with E-state index in [4.69, 9.17) is 4.74 Å². The SMILES string of the molecule is CCN1C(=O)/C(=C/c2ccc(OCc3cccc(F)c3)cc2)SC1=Nc1cccc(C(=O)O)c1. The van der Waals surface area contributed by atoms with Crippen molar-refractivity contribution < 1.29 is 23.8 Å². The van der Waals surface area contributed by atoms with Crippen LogP contribution in [0, 0.1) is 5.82 Å². The molecule has 172 valence electrons. The molecule has 0 unspecified atom stereocenters. The molecule has 1 N–H and O–H groups in total. The molecule has 1 aliphatic heterocycles. The number of halogens is 1. The Morgan fingerprint density at radius 1 is 1.12 bits per heavy atom. The number of hydrogen-bond acceptors (Lipinski definition) is 5. The molecule has 1 saturated heterocycles.